The standard InChI is InChI=1S/C20H23N3OS/c1-6-16-15(8-7-14-10-21-13(3)22-11-14)18(19(24)20(16,4)5)17-9-12(2)23-25-17/h6-10,14,18H,1,11H2,2-5H3/b8-7+. The van der Waals surface area contributed by atoms with Crippen molar-refractivity contribution in [1.29, 1.82) is 0 Å². The number of nitrogens with zero attached hydrogens (tertiary/aromatic N) is 3. The Morgan fingerprint density at radius 2 is 2.12 bits per heavy atom. The minimum atomic E-state index is -0.542. The summed E-state index contributed by atoms with van der Waals surface area (Å²) in [4.78, 5) is 22.8. The van der Waals surface area contributed by atoms with Crippen molar-refractivity contribution in [2.75, 3.05) is 6.54 Å². The largest absolute Gasteiger partial charge is 0.298 e. The van der Waals surface area contributed by atoms with Gasteiger partial charge in [-0.05, 0) is 56.4 Å². The van der Waals surface area contributed by atoms with Crippen molar-refractivity contribution in [3.8, 4) is 0 Å². The molecule has 2 atom stereocenters. The summed E-state index contributed by atoms with van der Waals surface area (Å²) < 4.78 is 4.37. The maximum atomic E-state index is 13.1. The Bertz CT molecular complexity index is 839. The van der Waals surface area contributed by atoms with E-state index in [1.807, 2.05) is 46.1 Å². The van der Waals surface area contributed by atoms with Gasteiger partial charge in [-0.1, -0.05) is 24.8 Å². The second-order valence-electron chi connectivity index (χ2n) is 7.06. The molecule has 2 aliphatic rings. The van der Waals surface area contributed by atoms with Gasteiger partial charge in [0.05, 0.1) is 18.2 Å². The number of ketones is 1. The van der Waals surface area contributed by atoms with Crippen molar-refractivity contribution in [1.82, 2.24) is 4.37 Å². The van der Waals surface area contributed by atoms with Gasteiger partial charge in [0.15, 0.2) is 5.78 Å². The number of Topliss-reactive ketones (excluding diaryl/α,β-unsaturated/α-hetero) is 1. The molecule has 5 heteroatoms. The zero-order valence-electron chi connectivity index (χ0n) is 15.1. The predicted molar refractivity (Wildman–Crippen MR) is 105 cm³/mol. The number of aryl methyl sites for hydroxylation is 1. The van der Waals surface area contributed by atoms with Gasteiger partial charge in [-0.25, -0.2) is 4.99 Å². The molecule has 3 rings (SSSR count). The molecule has 1 aromatic heterocycles. The van der Waals surface area contributed by atoms with Gasteiger partial charge >= 0.3 is 0 Å². The molecule has 0 N–H and O–H groups in total. The van der Waals surface area contributed by atoms with E-state index in [0.717, 1.165) is 27.6 Å². The molecule has 2 heterocycles. The van der Waals surface area contributed by atoms with Crippen molar-refractivity contribution in [2.45, 2.75) is 33.6 Å². The number of rotatable bonds is 4. The summed E-state index contributed by atoms with van der Waals surface area (Å²) in [5.74, 6) is 0.906. The maximum absolute atomic E-state index is 13.1. The van der Waals surface area contributed by atoms with Gasteiger partial charge in [-0.2, -0.15) is 4.37 Å². The summed E-state index contributed by atoms with van der Waals surface area (Å²) in [6.07, 6.45) is 7.90. The molecule has 0 saturated heterocycles. The van der Waals surface area contributed by atoms with E-state index in [1.165, 1.54) is 11.5 Å². The molecule has 1 aliphatic heterocycles. The van der Waals surface area contributed by atoms with Crippen molar-refractivity contribution < 1.29 is 4.79 Å². The normalized spacial score (nSPS) is 25.8. The van der Waals surface area contributed by atoms with Crippen LogP contribution in [0.5, 0.6) is 0 Å². The smallest absolute Gasteiger partial charge is 0.155 e. The Kier molecular flexibility index (Phi) is 4.69. The summed E-state index contributed by atoms with van der Waals surface area (Å²) in [7, 11) is 0. The van der Waals surface area contributed by atoms with E-state index >= 15 is 0 Å². The van der Waals surface area contributed by atoms with Crippen LogP contribution >= 0.6 is 11.5 Å². The van der Waals surface area contributed by atoms with Crippen molar-refractivity contribution >= 4 is 29.4 Å². The Balaban J connectivity index is 2.00. The van der Waals surface area contributed by atoms with E-state index in [0.29, 0.717) is 6.54 Å². The Morgan fingerprint density at radius 3 is 2.68 bits per heavy atom. The molecule has 1 aromatic rings. The molecule has 130 valence electrons. The summed E-state index contributed by atoms with van der Waals surface area (Å²) in [5, 5.41) is 0. The lowest BCUT2D eigenvalue weighted by Crippen LogP contribution is -2.23. The van der Waals surface area contributed by atoms with E-state index < -0.39 is 5.41 Å². The van der Waals surface area contributed by atoms with Crippen molar-refractivity contribution in [3.63, 3.8) is 0 Å². The fourth-order valence-corrected chi connectivity index (χ4v) is 4.24. The SMILES string of the molecule is C=CC1=C(/C=C/C2C=NC(C)=NC2)C(c2cc(C)ns2)C(=O)C1(C)C. The highest BCUT2D eigenvalue weighted by Gasteiger charge is 2.46. The van der Waals surface area contributed by atoms with Crippen LogP contribution in [-0.4, -0.2) is 28.8 Å². The van der Waals surface area contributed by atoms with Gasteiger partial charge in [-0.15, -0.1) is 0 Å². The second-order valence-corrected chi connectivity index (χ2v) is 7.89. The third-order valence-electron chi connectivity index (χ3n) is 4.82. The van der Waals surface area contributed by atoms with Gasteiger partial charge < -0.3 is 0 Å². The number of amidine groups is 1. The lowest BCUT2D eigenvalue weighted by atomic mass is 9.83. The highest BCUT2D eigenvalue weighted by molar-refractivity contribution is 7.06. The van der Waals surface area contributed by atoms with Crippen LogP contribution in [0.15, 0.2) is 52.0 Å². The van der Waals surface area contributed by atoms with Gasteiger partial charge in [0.25, 0.3) is 0 Å². The van der Waals surface area contributed by atoms with Crippen LogP contribution in [0.3, 0.4) is 0 Å². The fourth-order valence-electron chi connectivity index (χ4n) is 3.38. The molecular weight excluding hydrogens is 330 g/mol. The highest BCUT2D eigenvalue weighted by atomic mass is 32.1. The quantitative estimate of drug-likeness (QED) is 0.810. The maximum Gasteiger partial charge on any atom is 0.155 e. The molecule has 0 bridgehead atoms. The molecule has 2 unspecified atom stereocenters. The molecule has 0 aromatic carbocycles. The molecule has 0 saturated carbocycles. The minimum Gasteiger partial charge on any atom is -0.298 e. The third kappa shape index (κ3) is 3.21. The molecule has 25 heavy (non-hydrogen) atoms. The average Bonchev–Trinajstić information content (AvgIpc) is 3.07. The van der Waals surface area contributed by atoms with Crippen molar-refractivity contribution in [2.24, 2.45) is 21.3 Å². The fraction of sp³-hybridized carbons (Fsp3) is 0.400. The van der Waals surface area contributed by atoms with E-state index in [1.54, 1.807) is 0 Å². The van der Waals surface area contributed by atoms with Gasteiger partial charge in [-0.3, -0.25) is 9.79 Å². The van der Waals surface area contributed by atoms with Crippen LogP contribution in [0.1, 0.15) is 37.3 Å². The number of carbonyl (C=O) groups is 1. The lowest BCUT2D eigenvalue weighted by molar-refractivity contribution is -0.124. The van der Waals surface area contributed by atoms with Crippen LogP contribution in [0.4, 0.5) is 0 Å². The highest BCUT2D eigenvalue weighted by Crippen LogP contribution is 2.49. The molecule has 0 spiro atoms. The Morgan fingerprint density at radius 1 is 1.36 bits per heavy atom. The first-order valence-electron chi connectivity index (χ1n) is 8.42. The van der Waals surface area contributed by atoms with Crippen LogP contribution < -0.4 is 0 Å². The zero-order chi connectivity index (χ0) is 18.2. The number of carbonyl (C=O) groups excluding carboxylic acids is 1. The second kappa shape index (κ2) is 6.64. The van der Waals surface area contributed by atoms with E-state index in [-0.39, 0.29) is 17.6 Å². The summed E-state index contributed by atoms with van der Waals surface area (Å²) in [5.41, 5.74) is 2.43. The summed E-state index contributed by atoms with van der Waals surface area (Å²) in [6, 6.07) is 2.01. The van der Waals surface area contributed by atoms with E-state index in [2.05, 4.69) is 33.1 Å². The monoisotopic (exact) mass is 353 g/mol. The number of hydrogen-bond acceptors (Lipinski definition) is 5. The molecule has 1 aliphatic carbocycles. The first kappa shape index (κ1) is 17.7. The van der Waals surface area contributed by atoms with Crippen LogP contribution in [0.25, 0.3) is 0 Å². The molecule has 4 nitrogen and oxygen atoms in total. The van der Waals surface area contributed by atoms with Gasteiger partial charge in [0.2, 0.25) is 0 Å². The van der Waals surface area contributed by atoms with Gasteiger partial charge in [0.1, 0.15) is 5.84 Å². The minimum absolute atomic E-state index is 0.157. The molecule has 0 radical (unpaired) electrons. The third-order valence-corrected chi connectivity index (χ3v) is 5.76. The molecule has 0 fully saturated rings. The number of aromatic nitrogens is 1. The Labute approximate surface area is 153 Å². The van der Waals surface area contributed by atoms with E-state index in [9.17, 15) is 4.79 Å². The van der Waals surface area contributed by atoms with Gasteiger partial charge in [0, 0.05) is 22.4 Å². The van der Waals surface area contributed by atoms with Crippen LogP contribution in [0, 0.1) is 18.3 Å². The van der Waals surface area contributed by atoms with Crippen molar-refractivity contribution in [3.05, 3.63) is 52.6 Å². The first-order valence-corrected chi connectivity index (χ1v) is 9.20. The number of hydrogen-bond donors (Lipinski definition) is 0. The number of aliphatic imine (C=N–C) groups is 2. The first-order chi connectivity index (χ1) is 11.8. The number of allylic oxidation sites excluding steroid dienone is 4. The average molecular weight is 353 g/mol. The molecular formula is C20H23N3OS. The Hall–Kier alpha value is -2.14. The predicted octanol–water partition coefficient (Wildman–Crippen LogP) is 4.30. The van der Waals surface area contributed by atoms with E-state index in [4.69, 9.17) is 0 Å². The topological polar surface area (TPSA) is 54.7 Å². The lowest BCUT2D eigenvalue weighted by Gasteiger charge is -2.19. The summed E-state index contributed by atoms with van der Waals surface area (Å²) in [6.45, 7) is 12.5. The zero-order valence-corrected chi connectivity index (χ0v) is 15.9. The summed E-state index contributed by atoms with van der Waals surface area (Å²) >= 11 is 1.41. The molecule has 0 amide bonds. The van der Waals surface area contributed by atoms with Crippen LogP contribution in [-0.2, 0) is 4.79 Å². The van der Waals surface area contributed by atoms with Crippen LogP contribution in [0.2, 0.25) is 0 Å².